The van der Waals surface area contributed by atoms with Gasteiger partial charge in [0.15, 0.2) is 18.2 Å². The highest BCUT2D eigenvalue weighted by Gasteiger charge is 2.10. The first-order chi connectivity index (χ1) is 13.5. The number of ether oxygens (including phenoxy) is 3. The predicted molar refractivity (Wildman–Crippen MR) is 103 cm³/mol. The van der Waals surface area contributed by atoms with E-state index in [1.165, 1.54) is 26.4 Å². The molecule has 0 N–H and O–H groups in total. The van der Waals surface area contributed by atoms with E-state index < -0.39 is 11.5 Å². The van der Waals surface area contributed by atoms with Crippen LogP contribution >= 0.6 is 11.6 Å². The summed E-state index contributed by atoms with van der Waals surface area (Å²) in [5.74, 6) is 0.173. The van der Waals surface area contributed by atoms with E-state index in [0.717, 1.165) is 4.68 Å². The van der Waals surface area contributed by atoms with Crippen LogP contribution in [0.2, 0.25) is 5.02 Å². The third kappa shape index (κ3) is 4.12. The summed E-state index contributed by atoms with van der Waals surface area (Å²) in [5.41, 5.74) is 0.691. The average Bonchev–Trinajstić information content (AvgIpc) is 2.71. The molecular formula is C19H16ClN3O5. The van der Waals surface area contributed by atoms with Crippen LogP contribution in [0.4, 0.5) is 0 Å². The van der Waals surface area contributed by atoms with Crippen LogP contribution in [0.5, 0.6) is 11.5 Å². The van der Waals surface area contributed by atoms with Crippen molar-refractivity contribution in [2.75, 3.05) is 14.2 Å². The minimum Gasteiger partial charge on any atom is -0.493 e. The Hall–Kier alpha value is -3.39. The zero-order valence-corrected chi connectivity index (χ0v) is 15.8. The molecule has 28 heavy (non-hydrogen) atoms. The van der Waals surface area contributed by atoms with Gasteiger partial charge >= 0.3 is 5.97 Å². The number of carbonyl (C=O) groups is 1. The highest BCUT2D eigenvalue weighted by molar-refractivity contribution is 6.32. The second kappa shape index (κ2) is 8.53. The molecule has 0 saturated carbocycles. The molecule has 8 nitrogen and oxygen atoms in total. The Balaban J connectivity index is 1.70. The number of fused-ring (bicyclic) bond motifs is 1. The summed E-state index contributed by atoms with van der Waals surface area (Å²) in [7, 11) is 2.96. The molecule has 0 radical (unpaired) electrons. The number of methoxy groups -OCH3 is 2. The molecule has 1 aromatic heterocycles. The van der Waals surface area contributed by atoms with Crippen LogP contribution in [-0.2, 0) is 16.3 Å². The minimum atomic E-state index is -0.659. The van der Waals surface area contributed by atoms with E-state index in [1.54, 1.807) is 36.4 Å². The van der Waals surface area contributed by atoms with Crippen LogP contribution in [0.25, 0.3) is 17.0 Å². The Kier molecular flexibility index (Phi) is 5.90. The van der Waals surface area contributed by atoms with Gasteiger partial charge in [-0.05, 0) is 35.9 Å². The monoisotopic (exact) mass is 401 g/mol. The van der Waals surface area contributed by atoms with Crippen LogP contribution in [0.3, 0.4) is 0 Å². The van der Waals surface area contributed by atoms with Gasteiger partial charge in [0.2, 0.25) is 0 Å². The maximum absolute atomic E-state index is 12.3. The van der Waals surface area contributed by atoms with E-state index in [2.05, 4.69) is 10.3 Å². The number of nitrogens with zero attached hydrogens (tertiary/aromatic N) is 3. The topological polar surface area (TPSA) is 92.5 Å². The molecule has 0 atom stereocenters. The van der Waals surface area contributed by atoms with E-state index in [4.69, 9.17) is 25.8 Å². The van der Waals surface area contributed by atoms with Gasteiger partial charge in [0.05, 0.1) is 24.6 Å². The van der Waals surface area contributed by atoms with Gasteiger partial charge in [-0.2, -0.15) is 4.68 Å². The molecule has 0 unspecified atom stereocenters. The minimum absolute atomic E-state index is 0.341. The summed E-state index contributed by atoms with van der Waals surface area (Å²) in [6.45, 7) is -0.355. The molecule has 144 valence electrons. The van der Waals surface area contributed by atoms with E-state index in [1.807, 2.05) is 0 Å². The zero-order chi connectivity index (χ0) is 20.1. The molecule has 9 heteroatoms. The highest BCUT2D eigenvalue weighted by Crippen LogP contribution is 2.36. The van der Waals surface area contributed by atoms with Gasteiger partial charge in [0.25, 0.3) is 5.56 Å². The van der Waals surface area contributed by atoms with Crippen molar-refractivity contribution in [3.05, 3.63) is 63.4 Å². The van der Waals surface area contributed by atoms with Crippen LogP contribution in [0.15, 0.2) is 47.3 Å². The van der Waals surface area contributed by atoms with E-state index in [9.17, 15) is 9.59 Å². The molecular weight excluding hydrogens is 386 g/mol. The molecule has 2 aromatic carbocycles. The molecule has 0 bridgehead atoms. The number of hydrogen-bond donors (Lipinski definition) is 0. The Morgan fingerprint density at radius 3 is 2.75 bits per heavy atom. The van der Waals surface area contributed by atoms with Gasteiger partial charge in [-0.15, -0.1) is 5.10 Å². The lowest BCUT2D eigenvalue weighted by Gasteiger charge is -2.10. The predicted octanol–water partition coefficient (Wildman–Crippen LogP) is 2.68. The van der Waals surface area contributed by atoms with Crippen molar-refractivity contribution in [2.24, 2.45) is 0 Å². The average molecular weight is 402 g/mol. The third-order valence-corrected chi connectivity index (χ3v) is 4.11. The summed E-state index contributed by atoms with van der Waals surface area (Å²) in [6.07, 6.45) is 2.71. The Morgan fingerprint density at radius 1 is 1.21 bits per heavy atom. The van der Waals surface area contributed by atoms with Gasteiger partial charge in [0, 0.05) is 6.08 Å². The molecule has 0 spiro atoms. The molecule has 0 aliphatic heterocycles. The summed E-state index contributed by atoms with van der Waals surface area (Å²) in [4.78, 5) is 24.3. The lowest BCUT2D eigenvalue weighted by molar-refractivity contribution is -0.141. The van der Waals surface area contributed by atoms with Crippen molar-refractivity contribution >= 4 is 34.5 Å². The summed E-state index contributed by atoms with van der Waals surface area (Å²) < 4.78 is 16.4. The number of benzene rings is 2. The third-order valence-electron chi connectivity index (χ3n) is 3.83. The first-order valence-corrected chi connectivity index (χ1v) is 8.50. The lowest BCUT2D eigenvalue weighted by atomic mass is 10.2. The van der Waals surface area contributed by atoms with Crippen molar-refractivity contribution in [3.63, 3.8) is 0 Å². The van der Waals surface area contributed by atoms with E-state index >= 15 is 0 Å². The van der Waals surface area contributed by atoms with Gasteiger partial charge in [-0.1, -0.05) is 28.9 Å². The first kappa shape index (κ1) is 19.4. The molecule has 0 aliphatic carbocycles. The standard InChI is InChI=1S/C19H16ClN3O5/c1-26-16-10-12(9-14(20)18(16)27-2)7-8-17(24)28-11-23-19(25)13-5-3-4-6-15(13)21-22-23/h3-10H,11H2,1-2H3/b8-7+. The SMILES string of the molecule is COc1cc(/C=C/C(=O)OCn2nnc3ccccc3c2=O)cc(Cl)c1OC. The lowest BCUT2D eigenvalue weighted by Crippen LogP contribution is -2.26. The largest absolute Gasteiger partial charge is 0.493 e. The van der Waals surface area contributed by atoms with Crippen molar-refractivity contribution in [1.82, 2.24) is 15.0 Å². The number of hydrogen-bond acceptors (Lipinski definition) is 7. The second-order valence-electron chi connectivity index (χ2n) is 5.58. The Morgan fingerprint density at radius 2 is 2.00 bits per heavy atom. The van der Waals surface area contributed by atoms with Crippen LogP contribution in [-0.4, -0.2) is 35.2 Å². The Labute approximate surface area is 164 Å². The molecule has 0 saturated heterocycles. The van der Waals surface area contributed by atoms with Gasteiger partial charge in [-0.3, -0.25) is 4.79 Å². The van der Waals surface area contributed by atoms with Crippen molar-refractivity contribution in [2.45, 2.75) is 6.73 Å². The van der Waals surface area contributed by atoms with E-state index in [0.29, 0.717) is 33.0 Å². The maximum atomic E-state index is 12.3. The zero-order valence-electron chi connectivity index (χ0n) is 15.1. The Bertz CT molecular complexity index is 1110. The van der Waals surface area contributed by atoms with Crippen molar-refractivity contribution in [1.29, 1.82) is 0 Å². The molecule has 1 heterocycles. The normalized spacial score (nSPS) is 11.0. The quantitative estimate of drug-likeness (QED) is 0.463. The fraction of sp³-hybridized carbons (Fsp3) is 0.158. The number of halogens is 1. The van der Waals surface area contributed by atoms with Crippen molar-refractivity contribution in [3.8, 4) is 11.5 Å². The molecule has 0 amide bonds. The van der Waals surface area contributed by atoms with Crippen LogP contribution in [0, 0.1) is 0 Å². The molecule has 0 fully saturated rings. The summed E-state index contributed by atoms with van der Waals surface area (Å²) >= 11 is 6.13. The maximum Gasteiger partial charge on any atom is 0.332 e. The smallest absolute Gasteiger partial charge is 0.332 e. The highest BCUT2D eigenvalue weighted by atomic mass is 35.5. The first-order valence-electron chi connectivity index (χ1n) is 8.12. The molecule has 3 rings (SSSR count). The van der Waals surface area contributed by atoms with Gasteiger partial charge in [-0.25, -0.2) is 4.79 Å². The number of aromatic nitrogens is 3. The van der Waals surface area contributed by atoms with Crippen LogP contribution < -0.4 is 15.0 Å². The van der Waals surface area contributed by atoms with Gasteiger partial charge in [0.1, 0.15) is 5.52 Å². The number of rotatable bonds is 6. The number of esters is 1. The fourth-order valence-electron chi connectivity index (χ4n) is 2.48. The molecule has 3 aromatic rings. The summed E-state index contributed by atoms with van der Waals surface area (Å²) in [5, 5.41) is 8.41. The summed E-state index contributed by atoms with van der Waals surface area (Å²) in [6, 6.07) is 10.1. The number of carbonyl (C=O) groups excluding carboxylic acids is 1. The second-order valence-corrected chi connectivity index (χ2v) is 5.98. The van der Waals surface area contributed by atoms with Crippen LogP contribution in [0.1, 0.15) is 5.56 Å². The van der Waals surface area contributed by atoms with Crippen molar-refractivity contribution < 1.29 is 19.0 Å². The molecule has 0 aliphatic rings. The fourth-order valence-corrected chi connectivity index (χ4v) is 2.78. The van der Waals surface area contributed by atoms with E-state index in [-0.39, 0.29) is 6.73 Å². The van der Waals surface area contributed by atoms with Gasteiger partial charge < -0.3 is 14.2 Å².